The van der Waals surface area contributed by atoms with E-state index in [0.29, 0.717) is 0 Å². The summed E-state index contributed by atoms with van der Waals surface area (Å²) in [6.07, 6.45) is 8.44. The van der Waals surface area contributed by atoms with Gasteiger partial charge in [0.2, 0.25) is 0 Å². The van der Waals surface area contributed by atoms with E-state index >= 15 is 0 Å². The second-order valence-electron chi connectivity index (χ2n) is 6.78. The summed E-state index contributed by atoms with van der Waals surface area (Å²) < 4.78 is 0. The summed E-state index contributed by atoms with van der Waals surface area (Å²) in [6.45, 7) is 8.50. The normalized spacial score (nSPS) is 35.3. The highest BCUT2D eigenvalue weighted by molar-refractivity contribution is 4.86. The van der Waals surface area contributed by atoms with E-state index in [1.807, 2.05) is 0 Å². The minimum absolute atomic E-state index is 0.818. The summed E-state index contributed by atoms with van der Waals surface area (Å²) in [4.78, 5) is 2.57. The van der Waals surface area contributed by atoms with Gasteiger partial charge in [0, 0.05) is 12.6 Å². The fraction of sp³-hybridized carbons (Fsp3) is 1.00. The van der Waals surface area contributed by atoms with Gasteiger partial charge < -0.3 is 10.2 Å². The van der Waals surface area contributed by atoms with Crippen LogP contribution in [-0.4, -0.2) is 37.6 Å². The lowest BCUT2D eigenvalue weighted by Crippen LogP contribution is -2.35. The van der Waals surface area contributed by atoms with E-state index in [2.05, 4.69) is 31.1 Å². The van der Waals surface area contributed by atoms with Crippen LogP contribution in [0.1, 0.15) is 52.4 Å². The summed E-state index contributed by atoms with van der Waals surface area (Å²) in [7, 11) is 2.31. The highest BCUT2D eigenvalue weighted by Gasteiger charge is 2.33. The van der Waals surface area contributed by atoms with Gasteiger partial charge in [-0.15, -0.1) is 0 Å². The Morgan fingerprint density at radius 3 is 2.67 bits per heavy atom. The van der Waals surface area contributed by atoms with E-state index in [0.717, 1.165) is 23.8 Å². The monoisotopic (exact) mass is 252 g/mol. The van der Waals surface area contributed by atoms with Gasteiger partial charge in [-0.25, -0.2) is 0 Å². The SMILES string of the molecule is CCCNC1CCCC1CCN(C)CC1CC1C. The molecule has 2 aliphatic rings. The van der Waals surface area contributed by atoms with Crippen molar-refractivity contribution in [3.8, 4) is 0 Å². The molecule has 0 amide bonds. The molecule has 2 nitrogen and oxygen atoms in total. The lowest BCUT2D eigenvalue weighted by atomic mass is 9.99. The molecule has 2 aliphatic carbocycles. The first-order valence-corrected chi connectivity index (χ1v) is 8.12. The lowest BCUT2D eigenvalue weighted by molar-refractivity contribution is 0.269. The third-order valence-corrected chi connectivity index (χ3v) is 5.02. The molecule has 0 radical (unpaired) electrons. The molecule has 0 heterocycles. The van der Waals surface area contributed by atoms with Crippen LogP contribution in [0.5, 0.6) is 0 Å². The molecule has 0 bridgehead atoms. The molecule has 2 fully saturated rings. The first-order chi connectivity index (χ1) is 8.70. The molecule has 0 aromatic rings. The fourth-order valence-electron chi connectivity index (χ4n) is 3.51. The van der Waals surface area contributed by atoms with Gasteiger partial charge >= 0.3 is 0 Å². The van der Waals surface area contributed by atoms with E-state index in [-0.39, 0.29) is 0 Å². The molecular weight excluding hydrogens is 220 g/mol. The molecular formula is C16H32N2. The van der Waals surface area contributed by atoms with Gasteiger partial charge in [-0.05, 0) is 70.0 Å². The fourth-order valence-corrected chi connectivity index (χ4v) is 3.51. The Hall–Kier alpha value is -0.0800. The first-order valence-electron chi connectivity index (χ1n) is 8.12. The van der Waals surface area contributed by atoms with Crippen molar-refractivity contribution < 1.29 is 0 Å². The van der Waals surface area contributed by atoms with E-state index < -0.39 is 0 Å². The summed E-state index contributed by atoms with van der Waals surface area (Å²) in [5, 5.41) is 3.75. The second-order valence-corrected chi connectivity index (χ2v) is 6.78. The largest absolute Gasteiger partial charge is 0.314 e. The molecule has 0 aromatic heterocycles. The maximum absolute atomic E-state index is 3.75. The van der Waals surface area contributed by atoms with E-state index in [1.165, 1.54) is 58.2 Å². The number of nitrogens with zero attached hydrogens (tertiary/aromatic N) is 1. The number of rotatable bonds is 8. The Morgan fingerprint density at radius 2 is 2.00 bits per heavy atom. The lowest BCUT2D eigenvalue weighted by Gasteiger charge is -2.24. The maximum Gasteiger partial charge on any atom is 0.00958 e. The predicted molar refractivity (Wildman–Crippen MR) is 78.8 cm³/mol. The smallest absolute Gasteiger partial charge is 0.00958 e. The molecule has 106 valence electrons. The van der Waals surface area contributed by atoms with Crippen LogP contribution in [0.2, 0.25) is 0 Å². The molecule has 4 unspecified atom stereocenters. The van der Waals surface area contributed by atoms with E-state index in [1.54, 1.807) is 0 Å². The summed E-state index contributed by atoms with van der Waals surface area (Å²) in [5.74, 6) is 2.95. The van der Waals surface area contributed by atoms with Crippen LogP contribution in [0, 0.1) is 17.8 Å². The molecule has 0 aromatic carbocycles. The summed E-state index contributed by atoms with van der Waals surface area (Å²) >= 11 is 0. The quantitative estimate of drug-likeness (QED) is 0.714. The van der Waals surface area contributed by atoms with Gasteiger partial charge in [0.15, 0.2) is 0 Å². The second kappa shape index (κ2) is 6.91. The first kappa shape index (κ1) is 14.3. The molecule has 0 saturated heterocycles. The Morgan fingerprint density at radius 1 is 1.22 bits per heavy atom. The average molecular weight is 252 g/mol. The molecule has 18 heavy (non-hydrogen) atoms. The van der Waals surface area contributed by atoms with Crippen molar-refractivity contribution in [2.75, 3.05) is 26.7 Å². The van der Waals surface area contributed by atoms with Crippen molar-refractivity contribution >= 4 is 0 Å². The van der Waals surface area contributed by atoms with Crippen molar-refractivity contribution in [3.63, 3.8) is 0 Å². The Balaban J connectivity index is 1.62. The molecule has 0 spiro atoms. The summed E-state index contributed by atoms with van der Waals surface area (Å²) in [6, 6.07) is 0.818. The van der Waals surface area contributed by atoms with Crippen molar-refractivity contribution in [3.05, 3.63) is 0 Å². The van der Waals surface area contributed by atoms with Crippen molar-refractivity contribution in [2.45, 2.75) is 58.4 Å². The minimum atomic E-state index is 0.818. The van der Waals surface area contributed by atoms with Gasteiger partial charge in [0.05, 0.1) is 0 Å². The van der Waals surface area contributed by atoms with Gasteiger partial charge in [0.1, 0.15) is 0 Å². The van der Waals surface area contributed by atoms with Crippen molar-refractivity contribution in [1.82, 2.24) is 10.2 Å². The molecule has 2 heteroatoms. The predicted octanol–water partition coefficient (Wildman–Crippen LogP) is 3.13. The van der Waals surface area contributed by atoms with Crippen LogP contribution in [-0.2, 0) is 0 Å². The molecule has 4 atom stereocenters. The van der Waals surface area contributed by atoms with Gasteiger partial charge in [0.25, 0.3) is 0 Å². The third-order valence-electron chi connectivity index (χ3n) is 5.02. The molecule has 0 aliphatic heterocycles. The highest BCUT2D eigenvalue weighted by Crippen LogP contribution is 2.38. The van der Waals surface area contributed by atoms with Crippen LogP contribution in [0.25, 0.3) is 0 Å². The van der Waals surface area contributed by atoms with Gasteiger partial charge in [-0.3, -0.25) is 0 Å². The van der Waals surface area contributed by atoms with Crippen LogP contribution < -0.4 is 5.32 Å². The number of hydrogen-bond acceptors (Lipinski definition) is 2. The highest BCUT2D eigenvalue weighted by atomic mass is 15.1. The molecule has 2 saturated carbocycles. The topological polar surface area (TPSA) is 15.3 Å². The van der Waals surface area contributed by atoms with E-state index in [9.17, 15) is 0 Å². The van der Waals surface area contributed by atoms with Gasteiger partial charge in [-0.2, -0.15) is 0 Å². The van der Waals surface area contributed by atoms with Crippen molar-refractivity contribution in [1.29, 1.82) is 0 Å². The Labute approximate surface area is 114 Å². The Kier molecular flexibility index (Phi) is 5.50. The average Bonchev–Trinajstić information content (AvgIpc) is 2.88. The van der Waals surface area contributed by atoms with Crippen molar-refractivity contribution in [2.24, 2.45) is 17.8 Å². The Bertz CT molecular complexity index is 241. The van der Waals surface area contributed by atoms with Crippen LogP contribution in [0.4, 0.5) is 0 Å². The number of nitrogens with one attached hydrogen (secondary N) is 1. The molecule has 2 rings (SSSR count). The van der Waals surface area contributed by atoms with Crippen LogP contribution >= 0.6 is 0 Å². The summed E-state index contributed by atoms with van der Waals surface area (Å²) in [5.41, 5.74) is 0. The number of hydrogen-bond donors (Lipinski definition) is 1. The minimum Gasteiger partial charge on any atom is -0.314 e. The maximum atomic E-state index is 3.75. The third kappa shape index (κ3) is 4.24. The van der Waals surface area contributed by atoms with E-state index in [4.69, 9.17) is 0 Å². The van der Waals surface area contributed by atoms with Gasteiger partial charge in [-0.1, -0.05) is 20.3 Å². The van der Waals surface area contributed by atoms with Crippen LogP contribution in [0.15, 0.2) is 0 Å². The molecule has 1 N–H and O–H groups in total. The zero-order valence-electron chi connectivity index (χ0n) is 12.6. The van der Waals surface area contributed by atoms with Crippen LogP contribution in [0.3, 0.4) is 0 Å². The zero-order valence-corrected chi connectivity index (χ0v) is 12.6. The standard InChI is InChI=1S/C16H32N2/c1-4-9-17-16-7-5-6-14(16)8-10-18(3)12-15-11-13(15)2/h13-17H,4-12H2,1-3H3. The zero-order chi connectivity index (χ0) is 13.0.